The summed E-state index contributed by atoms with van der Waals surface area (Å²) in [4.78, 5) is 44.6. The molecule has 2 heterocycles. The number of nitrogens with one attached hydrogen (secondary N) is 1. The van der Waals surface area contributed by atoms with Gasteiger partial charge in [0.15, 0.2) is 0 Å². The number of likely N-dealkylation sites (N-methyl/N-ethyl adjacent to an activating group) is 1. The van der Waals surface area contributed by atoms with Crippen LogP contribution >= 0.6 is 0 Å². The summed E-state index contributed by atoms with van der Waals surface area (Å²) in [5, 5.41) is 3.05. The van der Waals surface area contributed by atoms with Crippen LogP contribution in [0, 0.1) is 5.92 Å². The van der Waals surface area contributed by atoms with E-state index in [0.29, 0.717) is 18.2 Å². The van der Waals surface area contributed by atoms with Crippen LogP contribution in [0.2, 0.25) is 0 Å². The Morgan fingerprint density at radius 1 is 1.00 bits per heavy atom. The van der Waals surface area contributed by atoms with Crippen molar-refractivity contribution in [2.45, 2.75) is 91.3 Å². The Hall–Kier alpha value is -1.89. The summed E-state index contributed by atoms with van der Waals surface area (Å²) in [6.07, 6.45) is 8.11. The third kappa shape index (κ3) is 7.06. The largest absolute Gasteiger partial charge is 0.343 e. The maximum Gasteiger partial charge on any atom is 0.249 e. The number of hydrogen-bond donors (Lipinski definition) is 1. The molecule has 2 aliphatic heterocycles. The average molecular weight is 449 g/mol. The molecule has 0 bridgehead atoms. The third-order valence-electron chi connectivity index (χ3n) is 6.77. The smallest absolute Gasteiger partial charge is 0.249 e. The lowest BCUT2D eigenvalue weighted by Crippen LogP contribution is -2.57. The SMILES string of the molecule is C/C(=C\CN(C)C(=O)C(NC(=O)C1CCCCN1C(C)C)C(C)C)C(=O)N1CCCCC1. The molecule has 7 nitrogen and oxygen atoms in total. The molecule has 0 radical (unpaired) electrons. The number of likely N-dealkylation sites (tertiary alicyclic amines) is 2. The summed E-state index contributed by atoms with van der Waals surface area (Å²) in [5.74, 6) is -0.129. The van der Waals surface area contributed by atoms with Crippen LogP contribution in [0.3, 0.4) is 0 Å². The van der Waals surface area contributed by atoms with Crippen molar-refractivity contribution in [3.05, 3.63) is 11.6 Å². The topological polar surface area (TPSA) is 73.0 Å². The normalized spacial score (nSPS) is 21.6. The van der Waals surface area contributed by atoms with E-state index >= 15 is 0 Å². The van der Waals surface area contributed by atoms with Gasteiger partial charge >= 0.3 is 0 Å². The van der Waals surface area contributed by atoms with E-state index in [9.17, 15) is 14.4 Å². The summed E-state index contributed by atoms with van der Waals surface area (Å²) in [5.41, 5.74) is 0.673. The fourth-order valence-electron chi connectivity index (χ4n) is 4.65. The average Bonchev–Trinajstić information content (AvgIpc) is 2.79. The number of carbonyl (C=O) groups excluding carboxylic acids is 3. The molecule has 0 aromatic carbocycles. The second-order valence-electron chi connectivity index (χ2n) is 10.0. The zero-order valence-corrected chi connectivity index (χ0v) is 21.0. The molecule has 0 aliphatic carbocycles. The molecule has 2 saturated heterocycles. The Labute approximate surface area is 194 Å². The molecule has 2 unspecified atom stereocenters. The predicted octanol–water partition coefficient (Wildman–Crippen LogP) is 2.81. The third-order valence-corrected chi connectivity index (χ3v) is 6.77. The molecule has 2 rings (SSSR count). The highest BCUT2D eigenvalue weighted by atomic mass is 16.2. The first-order valence-corrected chi connectivity index (χ1v) is 12.4. The van der Waals surface area contributed by atoms with Gasteiger partial charge in [0.25, 0.3) is 0 Å². The van der Waals surface area contributed by atoms with E-state index < -0.39 is 6.04 Å². The van der Waals surface area contributed by atoms with E-state index in [1.165, 1.54) is 6.42 Å². The van der Waals surface area contributed by atoms with E-state index in [0.717, 1.165) is 51.7 Å². The van der Waals surface area contributed by atoms with E-state index in [2.05, 4.69) is 24.1 Å². The number of hydrogen-bond acceptors (Lipinski definition) is 4. The van der Waals surface area contributed by atoms with Crippen LogP contribution < -0.4 is 5.32 Å². The van der Waals surface area contributed by atoms with Crippen molar-refractivity contribution in [2.75, 3.05) is 33.2 Å². The van der Waals surface area contributed by atoms with E-state index in [1.54, 1.807) is 11.9 Å². The molecular weight excluding hydrogens is 404 g/mol. The Morgan fingerprint density at radius 2 is 1.62 bits per heavy atom. The van der Waals surface area contributed by atoms with E-state index in [1.807, 2.05) is 31.7 Å². The van der Waals surface area contributed by atoms with Crippen molar-refractivity contribution < 1.29 is 14.4 Å². The fourth-order valence-corrected chi connectivity index (χ4v) is 4.65. The number of carbonyl (C=O) groups is 3. The van der Waals surface area contributed by atoms with Gasteiger partial charge in [-0.15, -0.1) is 0 Å². The summed E-state index contributed by atoms with van der Waals surface area (Å²) < 4.78 is 0. The summed E-state index contributed by atoms with van der Waals surface area (Å²) in [6, 6.07) is -0.449. The molecule has 2 aliphatic rings. The van der Waals surface area contributed by atoms with Gasteiger partial charge < -0.3 is 15.1 Å². The molecule has 7 heteroatoms. The Morgan fingerprint density at radius 3 is 2.22 bits per heavy atom. The van der Waals surface area contributed by atoms with Crippen molar-refractivity contribution in [3.8, 4) is 0 Å². The molecule has 0 aromatic heterocycles. The molecule has 0 aromatic rings. The first kappa shape index (κ1) is 26.4. The minimum Gasteiger partial charge on any atom is -0.343 e. The molecule has 3 amide bonds. The molecule has 2 fully saturated rings. The minimum absolute atomic E-state index is 0.0231. The lowest BCUT2D eigenvalue weighted by Gasteiger charge is -2.38. The van der Waals surface area contributed by atoms with Crippen LogP contribution in [0.15, 0.2) is 11.6 Å². The van der Waals surface area contributed by atoms with E-state index in [4.69, 9.17) is 0 Å². The molecule has 1 N–H and O–H groups in total. The van der Waals surface area contributed by atoms with Crippen LogP contribution in [-0.4, -0.2) is 83.8 Å². The lowest BCUT2D eigenvalue weighted by atomic mass is 9.97. The van der Waals surface area contributed by atoms with Crippen LogP contribution in [0.5, 0.6) is 0 Å². The first-order valence-electron chi connectivity index (χ1n) is 12.4. The maximum atomic E-state index is 13.2. The van der Waals surface area contributed by atoms with Gasteiger partial charge in [0.05, 0.1) is 6.04 Å². The molecular formula is C25H44N4O3. The van der Waals surface area contributed by atoms with Crippen LogP contribution in [0.1, 0.15) is 73.1 Å². The van der Waals surface area contributed by atoms with Gasteiger partial charge in [0.2, 0.25) is 17.7 Å². The zero-order chi connectivity index (χ0) is 23.8. The van der Waals surface area contributed by atoms with Gasteiger partial charge in [-0.3, -0.25) is 19.3 Å². The van der Waals surface area contributed by atoms with Crippen LogP contribution in [0.25, 0.3) is 0 Å². The zero-order valence-electron chi connectivity index (χ0n) is 21.0. The van der Waals surface area contributed by atoms with Crippen molar-refractivity contribution >= 4 is 17.7 Å². The van der Waals surface area contributed by atoms with Crippen LogP contribution in [0.4, 0.5) is 0 Å². The number of nitrogens with zero attached hydrogens (tertiary/aromatic N) is 3. The molecule has 0 spiro atoms. The Balaban J connectivity index is 1.98. The Kier molecular flexibility index (Phi) is 10.2. The molecule has 0 saturated carbocycles. The fraction of sp³-hybridized carbons (Fsp3) is 0.800. The minimum atomic E-state index is -0.574. The summed E-state index contributed by atoms with van der Waals surface area (Å²) >= 11 is 0. The number of rotatable bonds is 8. The Bertz CT molecular complexity index is 683. The van der Waals surface area contributed by atoms with Gasteiger partial charge in [-0.2, -0.15) is 0 Å². The monoisotopic (exact) mass is 448 g/mol. The standard InChI is InChI=1S/C25H44N4O3/c1-18(2)22(26-23(30)21-12-8-11-16-29(21)19(3)4)25(32)27(6)17-13-20(5)24(31)28-14-9-7-10-15-28/h13,18-19,21-22H,7-12,14-17H2,1-6H3,(H,26,30)/b20-13+. The van der Waals surface area contributed by atoms with Crippen molar-refractivity contribution in [1.29, 1.82) is 0 Å². The van der Waals surface area contributed by atoms with Gasteiger partial charge in [-0.05, 0) is 65.3 Å². The summed E-state index contributed by atoms with van der Waals surface area (Å²) in [7, 11) is 1.74. The van der Waals surface area contributed by atoms with E-state index in [-0.39, 0.29) is 29.7 Å². The summed E-state index contributed by atoms with van der Waals surface area (Å²) in [6.45, 7) is 12.9. The van der Waals surface area contributed by atoms with Crippen LogP contribution in [-0.2, 0) is 14.4 Å². The van der Waals surface area contributed by atoms with Gasteiger partial charge in [-0.1, -0.05) is 26.3 Å². The highest BCUT2D eigenvalue weighted by Gasteiger charge is 2.34. The van der Waals surface area contributed by atoms with Crippen molar-refractivity contribution in [3.63, 3.8) is 0 Å². The second kappa shape index (κ2) is 12.4. The molecule has 2 atom stereocenters. The van der Waals surface area contributed by atoms with Crippen molar-refractivity contribution in [2.24, 2.45) is 5.92 Å². The molecule has 182 valence electrons. The highest BCUT2D eigenvalue weighted by molar-refractivity contribution is 5.93. The number of amides is 3. The molecule has 32 heavy (non-hydrogen) atoms. The van der Waals surface area contributed by atoms with Gasteiger partial charge in [0, 0.05) is 38.3 Å². The maximum absolute atomic E-state index is 13.2. The van der Waals surface area contributed by atoms with Gasteiger partial charge in [0.1, 0.15) is 6.04 Å². The predicted molar refractivity (Wildman–Crippen MR) is 128 cm³/mol. The quantitative estimate of drug-likeness (QED) is 0.580. The first-order chi connectivity index (χ1) is 15.1. The lowest BCUT2D eigenvalue weighted by molar-refractivity contribution is -0.138. The van der Waals surface area contributed by atoms with Crippen molar-refractivity contribution in [1.82, 2.24) is 20.0 Å². The highest BCUT2D eigenvalue weighted by Crippen LogP contribution is 2.20. The van der Waals surface area contributed by atoms with Gasteiger partial charge in [-0.25, -0.2) is 0 Å². The second-order valence-corrected chi connectivity index (χ2v) is 10.0. The number of piperidine rings is 2.